The molecule has 1 aliphatic rings. The smallest absolute Gasteiger partial charge is 0.271 e. The van der Waals surface area contributed by atoms with Gasteiger partial charge in [-0.15, -0.1) is 0 Å². The van der Waals surface area contributed by atoms with Gasteiger partial charge in [-0.3, -0.25) is 18.8 Å². The van der Waals surface area contributed by atoms with E-state index in [-0.39, 0.29) is 11.5 Å². The number of para-hydroxylation sites is 1. The molecule has 182 valence electrons. The van der Waals surface area contributed by atoms with Gasteiger partial charge in [0.05, 0.1) is 27.5 Å². The van der Waals surface area contributed by atoms with Crippen molar-refractivity contribution in [2.75, 3.05) is 5.32 Å². The average molecular weight is 518 g/mol. The first-order valence-electron chi connectivity index (χ1n) is 11.4. The zero-order valence-corrected chi connectivity index (χ0v) is 21.8. The summed E-state index contributed by atoms with van der Waals surface area (Å²) in [6, 6.07) is 14.1. The Balaban J connectivity index is 1.69. The number of benzene rings is 2. The molecule has 2 aromatic heterocycles. The zero-order chi connectivity index (χ0) is 25.6. The molecule has 0 saturated carbocycles. The Morgan fingerprint density at radius 1 is 1.11 bits per heavy atom. The molecule has 1 aliphatic heterocycles. The van der Waals surface area contributed by atoms with Gasteiger partial charge in [-0.1, -0.05) is 53.3 Å². The van der Waals surface area contributed by atoms with Crippen molar-refractivity contribution in [3.05, 3.63) is 113 Å². The van der Waals surface area contributed by atoms with Crippen LogP contribution in [-0.2, 0) is 11.8 Å². The minimum atomic E-state index is -0.653. The highest BCUT2D eigenvalue weighted by molar-refractivity contribution is 7.07. The average Bonchev–Trinajstić information content (AvgIpc) is 3.32. The molecule has 0 unspecified atom stereocenters. The molecule has 9 heteroatoms. The lowest BCUT2D eigenvalue weighted by atomic mass is 9.95. The first-order valence-corrected chi connectivity index (χ1v) is 12.6. The molecule has 5 rings (SSSR count). The Labute approximate surface area is 216 Å². The lowest BCUT2D eigenvalue weighted by Crippen LogP contribution is -2.40. The third-order valence-electron chi connectivity index (χ3n) is 6.18. The lowest BCUT2D eigenvalue weighted by Gasteiger charge is -2.25. The third-order valence-corrected chi connectivity index (χ3v) is 7.42. The van der Waals surface area contributed by atoms with Crippen molar-refractivity contribution in [3.63, 3.8) is 0 Å². The Morgan fingerprint density at radius 2 is 1.83 bits per heavy atom. The summed E-state index contributed by atoms with van der Waals surface area (Å²) in [6.45, 7) is 5.64. The largest absolute Gasteiger partial charge is 0.322 e. The summed E-state index contributed by atoms with van der Waals surface area (Å²) in [5.74, 6) is -0.303. The molecule has 0 saturated heterocycles. The summed E-state index contributed by atoms with van der Waals surface area (Å²) in [7, 11) is 1.84. The molecule has 0 radical (unpaired) electrons. The Bertz CT molecular complexity index is 1710. The highest BCUT2D eigenvalue weighted by atomic mass is 35.5. The predicted molar refractivity (Wildman–Crippen MR) is 143 cm³/mol. The fourth-order valence-electron chi connectivity index (χ4n) is 4.38. The van der Waals surface area contributed by atoms with Crippen molar-refractivity contribution in [3.8, 4) is 0 Å². The maximum Gasteiger partial charge on any atom is 0.271 e. The number of fused-ring (bicyclic) bond motifs is 1. The number of thiazole rings is 1. The molecule has 1 amide bonds. The van der Waals surface area contributed by atoms with E-state index in [1.807, 2.05) is 69.6 Å². The number of halogens is 1. The number of nitrogens with zero attached hydrogens (tertiary/aromatic N) is 4. The summed E-state index contributed by atoms with van der Waals surface area (Å²) < 4.78 is 3.84. The van der Waals surface area contributed by atoms with Crippen LogP contribution in [0.5, 0.6) is 0 Å². The van der Waals surface area contributed by atoms with Gasteiger partial charge in [0.25, 0.3) is 11.5 Å². The fraction of sp³-hybridized carbons (Fsp3) is 0.185. The van der Waals surface area contributed by atoms with E-state index in [0.29, 0.717) is 31.3 Å². The van der Waals surface area contributed by atoms with Crippen LogP contribution < -0.4 is 20.2 Å². The van der Waals surface area contributed by atoms with Crippen molar-refractivity contribution >= 4 is 40.6 Å². The number of nitrogens with one attached hydrogen (secondary N) is 1. The molecule has 0 bridgehead atoms. The molecule has 1 N–H and O–H groups in total. The molecule has 4 aromatic rings. The monoisotopic (exact) mass is 517 g/mol. The summed E-state index contributed by atoms with van der Waals surface area (Å²) in [5.41, 5.74) is 4.87. The minimum Gasteiger partial charge on any atom is -0.322 e. The second-order valence-electron chi connectivity index (χ2n) is 8.75. The number of aromatic nitrogens is 3. The van der Waals surface area contributed by atoms with Gasteiger partial charge in [-0.25, -0.2) is 4.99 Å². The van der Waals surface area contributed by atoms with Gasteiger partial charge in [0.2, 0.25) is 0 Å². The van der Waals surface area contributed by atoms with Gasteiger partial charge >= 0.3 is 0 Å². The number of allylic oxidation sites excluding steroid dienone is 1. The number of hydrogen-bond acceptors (Lipinski definition) is 5. The fourth-order valence-corrected chi connectivity index (χ4v) is 5.54. The van der Waals surface area contributed by atoms with Crippen LogP contribution in [0.4, 0.5) is 5.69 Å². The normalized spacial score (nSPS) is 15.6. The van der Waals surface area contributed by atoms with Gasteiger partial charge < -0.3 is 5.32 Å². The van der Waals surface area contributed by atoms with E-state index in [1.54, 1.807) is 28.3 Å². The SMILES string of the molecule is CC1=C(C(=O)Nc2ccccc2C)[C@@H](c2ccc(Cl)cc2)n2c(s/c(=C/c3cn(C)nc3C)c2=O)=N1. The number of carbonyl (C=O) groups is 1. The van der Waals surface area contributed by atoms with Crippen LogP contribution >= 0.6 is 22.9 Å². The number of aryl methyl sites for hydroxylation is 3. The van der Waals surface area contributed by atoms with Crippen molar-refractivity contribution < 1.29 is 4.79 Å². The van der Waals surface area contributed by atoms with Crippen LogP contribution in [0.2, 0.25) is 5.02 Å². The molecule has 2 aromatic carbocycles. The highest BCUT2D eigenvalue weighted by Crippen LogP contribution is 2.31. The van der Waals surface area contributed by atoms with E-state index in [2.05, 4.69) is 15.4 Å². The van der Waals surface area contributed by atoms with Crippen molar-refractivity contribution in [2.45, 2.75) is 26.8 Å². The zero-order valence-electron chi connectivity index (χ0n) is 20.2. The van der Waals surface area contributed by atoms with Gasteiger partial charge in [0, 0.05) is 29.5 Å². The first-order chi connectivity index (χ1) is 17.2. The van der Waals surface area contributed by atoms with Crippen LogP contribution in [0, 0.1) is 13.8 Å². The van der Waals surface area contributed by atoms with Crippen molar-refractivity contribution in [1.29, 1.82) is 0 Å². The lowest BCUT2D eigenvalue weighted by molar-refractivity contribution is -0.113. The van der Waals surface area contributed by atoms with E-state index >= 15 is 0 Å². The van der Waals surface area contributed by atoms with Gasteiger partial charge in [0.15, 0.2) is 4.80 Å². The maximum atomic E-state index is 13.7. The molecule has 36 heavy (non-hydrogen) atoms. The number of amides is 1. The number of hydrogen-bond donors (Lipinski definition) is 1. The minimum absolute atomic E-state index is 0.212. The second-order valence-corrected chi connectivity index (χ2v) is 10.2. The molecular weight excluding hydrogens is 494 g/mol. The number of rotatable bonds is 4. The molecule has 0 fully saturated rings. The van der Waals surface area contributed by atoms with Crippen molar-refractivity contribution in [2.24, 2.45) is 12.0 Å². The van der Waals surface area contributed by atoms with E-state index in [4.69, 9.17) is 11.6 Å². The van der Waals surface area contributed by atoms with Crippen LogP contribution in [0.3, 0.4) is 0 Å². The van der Waals surface area contributed by atoms with E-state index in [1.165, 1.54) is 11.3 Å². The standard InChI is InChI=1S/C27H24ClN5O2S/c1-15-7-5-6-8-21(15)30-25(34)23-17(3)29-27-33(24(23)18-9-11-20(28)12-10-18)26(35)22(36-27)13-19-14-32(4)31-16(19)2/h5-14,24H,1-4H3,(H,30,34)/b22-13+/t24-/m1/s1. The van der Waals surface area contributed by atoms with E-state index < -0.39 is 6.04 Å². The van der Waals surface area contributed by atoms with Crippen LogP contribution in [0.15, 0.2) is 75.8 Å². The number of carbonyl (C=O) groups excluding carboxylic acids is 1. The summed E-state index contributed by atoms with van der Waals surface area (Å²) in [5, 5.41) is 7.96. The summed E-state index contributed by atoms with van der Waals surface area (Å²) in [6.07, 6.45) is 3.70. The topological polar surface area (TPSA) is 81.3 Å². The Morgan fingerprint density at radius 3 is 2.50 bits per heavy atom. The predicted octanol–water partition coefficient (Wildman–Crippen LogP) is 3.88. The quantitative estimate of drug-likeness (QED) is 0.446. The van der Waals surface area contributed by atoms with Crippen molar-refractivity contribution in [1.82, 2.24) is 14.3 Å². The van der Waals surface area contributed by atoms with Crippen LogP contribution in [0.25, 0.3) is 6.08 Å². The number of anilines is 1. The highest BCUT2D eigenvalue weighted by Gasteiger charge is 2.32. The first kappa shape index (κ1) is 24.0. The van der Waals surface area contributed by atoms with Crippen LogP contribution in [-0.4, -0.2) is 20.3 Å². The van der Waals surface area contributed by atoms with Gasteiger partial charge in [-0.2, -0.15) is 5.10 Å². The third kappa shape index (κ3) is 4.34. The summed E-state index contributed by atoms with van der Waals surface area (Å²) in [4.78, 5) is 32.6. The second kappa shape index (κ2) is 9.37. The summed E-state index contributed by atoms with van der Waals surface area (Å²) >= 11 is 7.46. The van der Waals surface area contributed by atoms with E-state index in [9.17, 15) is 9.59 Å². The maximum absolute atomic E-state index is 13.7. The molecule has 0 spiro atoms. The molecule has 0 aliphatic carbocycles. The van der Waals surface area contributed by atoms with Gasteiger partial charge in [-0.05, 0) is 56.2 Å². The van der Waals surface area contributed by atoms with E-state index in [0.717, 1.165) is 22.4 Å². The molecular formula is C27H24ClN5O2S. The Kier molecular flexibility index (Phi) is 6.24. The molecule has 1 atom stereocenters. The molecule has 7 nitrogen and oxygen atoms in total. The Hall–Kier alpha value is -3.75. The molecule has 3 heterocycles. The van der Waals surface area contributed by atoms with Crippen LogP contribution in [0.1, 0.15) is 35.3 Å². The van der Waals surface area contributed by atoms with Gasteiger partial charge in [0.1, 0.15) is 0 Å².